The summed E-state index contributed by atoms with van der Waals surface area (Å²) in [5, 5.41) is 2.87. The number of hydrogen-bond donors (Lipinski definition) is 1. The lowest BCUT2D eigenvalue weighted by atomic mass is 9.95. The van der Waals surface area contributed by atoms with Gasteiger partial charge in [-0.05, 0) is 24.3 Å². The smallest absolute Gasteiger partial charge is 0.254 e. The first-order valence-corrected chi connectivity index (χ1v) is 9.07. The van der Waals surface area contributed by atoms with Crippen LogP contribution in [0.1, 0.15) is 31.1 Å². The average molecular weight is 367 g/mol. The molecule has 2 aromatic rings. The third kappa shape index (κ3) is 4.61. The van der Waals surface area contributed by atoms with Gasteiger partial charge in [0.1, 0.15) is 0 Å². The van der Waals surface area contributed by atoms with E-state index < -0.39 is 5.41 Å². The Morgan fingerprint density at radius 2 is 1.67 bits per heavy atom. The molecule has 0 spiro atoms. The van der Waals surface area contributed by atoms with Gasteiger partial charge < -0.3 is 15.1 Å². The highest BCUT2D eigenvalue weighted by molar-refractivity contribution is 5.98. The van der Waals surface area contributed by atoms with Crippen LogP contribution in [-0.4, -0.2) is 52.9 Å². The van der Waals surface area contributed by atoms with Crippen molar-refractivity contribution in [3.05, 3.63) is 48.3 Å². The van der Waals surface area contributed by atoms with Crippen molar-refractivity contribution in [1.29, 1.82) is 0 Å². The number of rotatable bonds is 3. The highest BCUT2D eigenvalue weighted by atomic mass is 16.2. The van der Waals surface area contributed by atoms with Crippen molar-refractivity contribution in [2.75, 3.05) is 36.4 Å². The zero-order chi connectivity index (χ0) is 19.4. The Labute approximate surface area is 159 Å². The van der Waals surface area contributed by atoms with E-state index in [9.17, 15) is 9.59 Å². The predicted molar refractivity (Wildman–Crippen MR) is 105 cm³/mol. The van der Waals surface area contributed by atoms with E-state index in [0.29, 0.717) is 43.4 Å². The zero-order valence-electron chi connectivity index (χ0n) is 16.0. The van der Waals surface area contributed by atoms with Gasteiger partial charge in [0.05, 0.1) is 0 Å². The van der Waals surface area contributed by atoms with Crippen molar-refractivity contribution in [3.8, 4) is 0 Å². The number of carbonyl (C=O) groups excluding carboxylic acids is 2. The highest BCUT2D eigenvalue weighted by Crippen LogP contribution is 2.19. The van der Waals surface area contributed by atoms with Gasteiger partial charge in [0, 0.05) is 55.2 Å². The lowest BCUT2D eigenvalue weighted by Gasteiger charge is -2.34. The van der Waals surface area contributed by atoms with Gasteiger partial charge in [0.2, 0.25) is 11.9 Å². The fraction of sp³-hybridized carbons (Fsp3) is 0.400. The SMILES string of the molecule is CC(C)(C)C(=O)Nc1cccc(C(=O)N2CCN(c3ncccn3)CC2)c1. The molecule has 27 heavy (non-hydrogen) atoms. The quantitative estimate of drug-likeness (QED) is 0.901. The summed E-state index contributed by atoms with van der Waals surface area (Å²) in [6.45, 7) is 8.16. The maximum absolute atomic E-state index is 12.8. The Kier molecular flexibility index (Phi) is 5.39. The van der Waals surface area contributed by atoms with E-state index >= 15 is 0 Å². The highest BCUT2D eigenvalue weighted by Gasteiger charge is 2.24. The molecule has 142 valence electrons. The molecule has 1 aliphatic rings. The number of aromatic nitrogens is 2. The van der Waals surface area contributed by atoms with Crippen LogP contribution in [0.2, 0.25) is 0 Å². The molecule has 2 heterocycles. The molecular formula is C20H25N5O2. The summed E-state index contributed by atoms with van der Waals surface area (Å²) in [6, 6.07) is 8.89. The number of anilines is 2. The molecule has 7 nitrogen and oxygen atoms in total. The van der Waals surface area contributed by atoms with Crippen molar-refractivity contribution >= 4 is 23.5 Å². The lowest BCUT2D eigenvalue weighted by molar-refractivity contribution is -0.123. The van der Waals surface area contributed by atoms with E-state index in [-0.39, 0.29) is 11.8 Å². The third-order valence-corrected chi connectivity index (χ3v) is 4.45. The molecule has 0 bridgehead atoms. The Bertz CT molecular complexity index is 809. The van der Waals surface area contributed by atoms with Gasteiger partial charge in [-0.15, -0.1) is 0 Å². The molecule has 7 heteroatoms. The van der Waals surface area contributed by atoms with E-state index in [1.807, 2.05) is 25.7 Å². The molecule has 0 aliphatic carbocycles. The number of nitrogens with one attached hydrogen (secondary N) is 1. The fourth-order valence-electron chi connectivity index (χ4n) is 2.80. The Hall–Kier alpha value is -2.96. The summed E-state index contributed by atoms with van der Waals surface area (Å²) in [7, 11) is 0. The van der Waals surface area contributed by atoms with Gasteiger partial charge in [-0.2, -0.15) is 0 Å². The van der Waals surface area contributed by atoms with E-state index in [0.717, 1.165) is 0 Å². The normalized spacial score (nSPS) is 14.8. The first-order chi connectivity index (χ1) is 12.8. The number of carbonyl (C=O) groups is 2. The van der Waals surface area contributed by atoms with Crippen LogP contribution in [0.3, 0.4) is 0 Å². The predicted octanol–water partition coefficient (Wildman–Crippen LogP) is 2.42. The summed E-state index contributed by atoms with van der Waals surface area (Å²) < 4.78 is 0. The molecular weight excluding hydrogens is 342 g/mol. The molecule has 0 atom stereocenters. The molecule has 1 N–H and O–H groups in total. The molecule has 1 aliphatic heterocycles. The summed E-state index contributed by atoms with van der Waals surface area (Å²) in [4.78, 5) is 37.4. The Morgan fingerprint density at radius 1 is 1.00 bits per heavy atom. The summed E-state index contributed by atoms with van der Waals surface area (Å²) in [5.74, 6) is 0.579. The minimum Gasteiger partial charge on any atom is -0.337 e. The first kappa shape index (κ1) is 18.8. The van der Waals surface area contributed by atoms with Crippen LogP contribution >= 0.6 is 0 Å². The minimum absolute atomic E-state index is 0.0320. The van der Waals surface area contributed by atoms with Crippen LogP contribution in [-0.2, 0) is 4.79 Å². The number of hydrogen-bond acceptors (Lipinski definition) is 5. The lowest BCUT2D eigenvalue weighted by Crippen LogP contribution is -2.49. The molecule has 0 radical (unpaired) electrons. The van der Waals surface area contributed by atoms with Crippen molar-refractivity contribution < 1.29 is 9.59 Å². The van der Waals surface area contributed by atoms with Crippen molar-refractivity contribution in [2.24, 2.45) is 5.41 Å². The second-order valence-corrected chi connectivity index (χ2v) is 7.61. The molecule has 1 aromatic heterocycles. The van der Waals surface area contributed by atoms with Gasteiger partial charge in [-0.25, -0.2) is 9.97 Å². The van der Waals surface area contributed by atoms with Crippen molar-refractivity contribution in [2.45, 2.75) is 20.8 Å². The first-order valence-electron chi connectivity index (χ1n) is 9.07. The van der Waals surface area contributed by atoms with Gasteiger partial charge in [0.25, 0.3) is 5.91 Å². The van der Waals surface area contributed by atoms with Crippen LogP contribution in [0.5, 0.6) is 0 Å². The van der Waals surface area contributed by atoms with Crippen molar-refractivity contribution in [3.63, 3.8) is 0 Å². The van der Waals surface area contributed by atoms with Gasteiger partial charge in [-0.1, -0.05) is 26.8 Å². The molecule has 3 rings (SSSR count). The molecule has 1 fully saturated rings. The van der Waals surface area contributed by atoms with Gasteiger partial charge in [0.15, 0.2) is 0 Å². The van der Waals surface area contributed by atoms with Crippen LogP contribution in [0.15, 0.2) is 42.7 Å². The summed E-state index contributed by atoms with van der Waals surface area (Å²) in [6.07, 6.45) is 3.44. The van der Waals surface area contributed by atoms with E-state index in [4.69, 9.17) is 0 Å². The Balaban J connectivity index is 1.63. The number of nitrogens with zero attached hydrogens (tertiary/aromatic N) is 4. The number of piperazine rings is 1. The van der Waals surface area contributed by atoms with Crippen LogP contribution in [0.4, 0.5) is 11.6 Å². The largest absolute Gasteiger partial charge is 0.337 e. The molecule has 2 amide bonds. The van der Waals surface area contributed by atoms with Crippen LogP contribution in [0.25, 0.3) is 0 Å². The zero-order valence-corrected chi connectivity index (χ0v) is 16.0. The summed E-state index contributed by atoms with van der Waals surface area (Å²) >= 11 is 0. The second kappa shape index (κ2) is 7.73. The van der Waals surface area contributed by atoms with E-state index in [1.54, 1.807) is 42.7 Å². The van der Waals surface area contributed by atoms with Crippen molar-refractivity contribution in [1.82, 2.24) is 14.9 Å². The molecule has 0 unspecified atom stereocenters. The third-order valence-electron chi connectivity index (χ3n) is 4.45. The number of amides is 2. The fourth-order valence-corrected chi connectivity index (χ4v) is 2.80. The summed E-state index contributed by atoms with van der Waals surface area (Å²) in [5.41, 5.74) is 0.721. The molecule has 0 saturated carbocycles. The van der Waals surface area contributed by atoms with Crippen LogP contribution < -0.4 is 10.2 Å². The van der Waals surface area contributed by atoms with Gasteiger partial charge in [-0.3, -0.25) is 9.59 Å². The van der Waals surface area contributed by atoms with Crippen LogP contribution in [0, 0.1) is 5.41 Å². The van der Waals surface area contributed by atoms with E-state index in [1.165, 1.54) is 0 Å². The maximum atomic E-state index is 12.8. The maximum Gasteiger partial charge on any atom is 0.254 e. The number of benzene rings is 1. The topological polar surface area (TPSA) is 78.4 Å². The monoisotopic (exact) mass is 367 g/mol. The molecule has 1 aromatic carbocycles. The average Bonchev–Trinajstić information content (AvgIpc) is 2.68. The second-order valence-electron chi connectivity index (χ2n) is 7.61. The molecule has 1 saturated heterocycles. The standard InChI is InChI=1S/C20H25N5O2/c1-20(2,3)18(27)23-16-7-4-6-15(14-16)17(26)24-10-12-25(13-11-24)19-21-8-5-9-22-19/h4-9,14H,10-13H2,1-3H3,(H,23,27). The van der Waals surface area contributed by atoms with E-state index in [2.05, 4.69) is 20.2 Å². The van der Waals surface area contributed by atoms with Gasteiger partial charge >= 0.3 is 0 Å². The minimum atomic E-state index is -0.490. The Morgan fingerprint density at radius 3 is 2.30 bits per heavy atom.